The first-order chi connectivity index (χ1) is 34.0. The van der Waals surface area contributed by atoms with Gasteiger partial charge in [-0.15, -0.1) is 58.8 Å². The number of rotatable bonds is 46. The van der Waals surface area contributed by atoms with Crippen molar-refractivity contribution in [2.45, 2.75) is 121 Å². The Kier molecular flexibility index (Phi) is 34.8. The van der Waals surface area contributed by atoms with Crippen LogP contribution >= 0.6 is 58.8 Å². The molecule has 1 fully saturated rings. The molecule has 0 bridgehead atoms. The van der Waals surface area contributed by atoms with E-state index in [4.69, 9.17) is 48.8 Å². The van der Waals surface area contributed by atoms with Crippen LogP contribution in [-0.2, 0) is 76.4 Å². The summed E-state index contributed by atoms with van der Waals surface area (Å²) in [4.78, 5) is 114. The summed E-state index contributed by atoms with van der Waals surface area (Å²) >= 11 is 4.34. The zero-order valence-corrected chi connectivity index (χ0v) is 42.8. The third-order valence-corrected chi connectivity index (χ3v) is 15.9. The largest absolute Gasteiger partial charge is 0.481 e. The number of hydrogen-bond acceptors (Lipinski definition) is 21. The van der Waals surface area contributed by atoms with E-state index in [1.165, 1.54) is 0 Å². The van der Waals surface area contributed by atoms with Crippen LogP contribution in [0.1, 0.15) is 64.2 Å². The summed E-state index contributed by atoms with van der Waals surface area (Å²) in [5.41, 5.74) is 0. The van der Waals surface area contributed by atoms with Crippen molar-refractivity contribution in [2.24, 2.45) is 0 Å². The van der Waals surface area contributed by atoms with E-state index in [1.807, 2.05) is 0 Å². The van der Waals surface area contributed by atoms with Gasteiger partial charge in [-0.3, -0.25) is 47.9 Å². The van der Waals surface area contributed by atoms with Gasteiger partial charge >= 0.3 is 59.7 Å². The zero-order valence-electron chi connectivity index (χ0n) is 38.7. The van der Waals surface area contributed by atoms with E-state index in [0.29, 0.717) is 0 Å². The lowest BCUT2D eigenvalue weighted by atomic mass is 9.98. The molecule has 26 nitrogen and oxygen atoms in total. The average molecular weight is 1130 g/mol. The Morgan fingerprint density at radius 1 is 0.361 bits per heavy atom. The highest BCUT2D eigenvalue weighted by atomic mass is 32.2. The quantitative estimate of drug-likeness (QED) is 0.0390. The van der Waals surface area contributed by atoms with Gasteiger partial charge in [-0.25, -0.2) is 0 Å². The highest BCUT2D eigenvalue weighted by Gasteiger charge is 2.49. The summed E-state index contributed by atoms with van der Waals surface area (Å²) in [7, 11) is 0. The number of thioether (sulfide) groups is 5. The van der Waals surface area contributed by atoms with Crippen molar-refractivity contribution in [3.63, 3.8) is 0 Å². The topological polar surface area (TPSA) is 428 Å². The molecule has 5 unspecified atom stereocenters. The molecule has 0 spiro atoms. The van der Waals surface area contributed by atoms with Crippen LogP contribution < -0.4 is 0 Å². The van der Waals surface area contributed by atoms with Crippen molar-refractivity contribution in [3.05, 3.63) is 0 Å². The fourth-order valence-electron chi connectivity index (χ4n) is 6.18. The van der Waals surface area contributed by atoms with Crippen molar-refractivity contribution in [2.75, 3.05) is 68.4 Å². The maximum absolute atomic E-state index is 11.7. The third-order valence-electron chi connectivity index (χ3n) is 9.45. The maximum atomic E-state index is 11.7. The van der Waals surface area contributed by atoms with Crippen molar-refractivity contribution in [1.29, 1.82) is 0 Å². The number of aliphatic carboxylic acids is 10. The minimum Gasteiger partial charge on any atom is -0.481 e. The first-order valence-electron chi connectivity index (χ1n) is 22.0. The zero-order chi connectivity index (χ0) is 54.2. The Hall–Kier alpha value is -3.79. The molecule has 0 amide bonds. The summed E-state index contributed by atoms with van der Waals surface area (Å²) in [5, 5.41) is 86.9. The Balaban J connectivity index is 3.58. The monoisotopic (exact) mass is 1130 g/mol. The average Bonchev–Trinajstić information content (AvgIpc) is 3.27. The van der Waals surface area contributed by atoms with Gasteiger partial charge in [0.1, 0.15) is 50.7 Å². The molecule has 0 aromatic carbocycles. The Bertz CT molecular complexity index is 1740. The first kappa shape index (κ1) is 66.2. The molecule has 31 heteroatoms. The van der Waals surface area contributed by atoms with Crippen molar-refractivity contribution < 1.29 is 127 Å². The third kappa shape index (κ3) is 29.8. The predicted octanol–water partition coefficient (Wildman–Crippen LogP) is 2.16. The summed E-state index contributed by atoms with van der Waals surface area (Å²) in [6.07, 6.45) is -8.24. The summed E-state index contributed by atoms with van der Waals surface area (Å²) in [6.45, 7) is -0.726. The molecule has 1 heterocycles. The Morgan fingerprint density at radius 2 is 0.625 bits per heavy atom. The van der Waals surface area contributed by atoms with Crippen LogP contribution in [0, 0.1) is 0 Å². The molecule has 1 aliphatic rings. The minimum atomic E-state index is -1.34. The highest BCUT2D eigenvalue weighted by molar-refractivity contribution is 8.01. The smallest absolute Gasteiger partial charge is 0.317 e. The van der Waals surface area contributed by atoms with Crippen molar-refractivity contribution >= 4 is 119 Å². The molecule has 10 atom stereocenters. The van der Waals surface area contributed by atoms with Gasteiger partial charge in [0.25, 0.3) is 0 Å². The second kappa shape index (κ2) is 37.9. The minimum absolute atomic E-state index is 0.000261. The van der Waals surface area contributed by atoms with Gasteiger partial charge in [-0.1, -0.05) is 0 Å². The van der Waals surface area contributed by atoms with Gasteiger partial charge < -0.3 is 79.5 Å². The lowest BCUT2D eigenvalue weighted by molar-refractivity contribution is -0.323. The lowest BCUT2D eigenvalue weighted by Crippen LogP contribution is -2.62. The molecular weight excluding hydrogens is 1070 g/mol. The molecular formula is C41H62O26S5. The van der Waals surface area contributed by atoms with Crippen molar-refractivity contribution in [3.8, 4) is 0 Å². The number of carbonyl (C=O) groups is 10. The number of hydrogen-bond donors (Lipinski definition) is 10. The first-order valence-corrected chi connectivity index (χ1v) is 27.3. The van der Waals surface area contributed by atoms with E-state index in [1.54, 1.807) is 0 Å². The van der Waals surface area contributed by atoms with E-state index >= 15 is 0 Å². The Labute approximate surface area is 433 Å². The van der Waals surface area contributed by atoms with Crippen LogP contribution in [0.2, 0.25) is 0 Å². The van der Waals surface area contributed by atoms with Crippen molar-refractivity contribution in [1.82, 2.24) is 0 Å². The molecule has 412 valence electrons. The van der Waals surface area contributed by atoms with E-state index in [9.17, 15) is 78.6 Å². The molecule has 1 saturated heterocycles. The fourth-order valence-corrected chi connectivity index (χ4v) is 11.0. The highest BCUT2D eigenvalue weighted by Crippen LogP contribution is 2.31. The number of carboxylic acid groups (broad SMARTS) is 10. The van der Waals surface area contributed by atoms with Gasteiger partial charge in [0.2, 0.25) is 0 Å². The second-order valence-electron chi connectivity index (χ2n) is 15.2. The maximum Gasteiger partial charge on any atom is 0.317 e. The SMILES string of the molecule is O=C(O)CC(SCCCOC[C@H]1O[C@@H](OCCCSC(CC(=O)O)C(=O)O)[C@H](OCCCSC(CC(=O)O)C(=O)O)[C@@H](OCCCSC(CC(=O)O)C(=O)O)[C@@H]1OCCCSC(CC(=O)O)C(=O)O)C(=O)O. The predicted molar refractivity (Wildman–Crippen MR) is 258 cm³/mol. The second-order valence-corrected chi connectivity index (χ2v) is 21.8. The molecule has 1 aliphatic heterocycles. The normalized spacial score (nSPS) is 19.8. The van der Waals surface area contributed by atoms with Crippen LogP contribution in [0.5, 0.6) is 0 Å². The van der Waals surface area contributed by atoms with Gasteiger partial charge in [0, 0.05) is 26.4 Å². The number of carboxylic acids is 10. The molecule has 0 saturated carbocycles. The van der Waals surface area contributed by atoms with E-state index in [2.05, 4.69) is 0 Å². The summed E-state index contributed by atoms with van der Waals surface area (Å²) in [6, 6.07) is 0. The molecule has 0 aromatic heterocycles. The molecule has 0 aliphatic carbocycles. The van der Waals surface area contributed by atoms with Crippen LogP contribution in [0.4, 0.5) is 0 Å². The van der Waals surface area contributed by atoms with Crippen LogP contribution in [0.3, 0.4) is 0 Å². The van der Waals surface area contributed by atoms with E-state index in [-0.39, 0.29) is 101 Å². The van der Waals surface area contributed by atoms with Gasteiger partial charge in [-0.05, 0) is 60.9 Å². The Morgan fingerprint density at radius 3 is 0.917 bits per heavy atom. The number of ether oxygens (including phenoxy) is 6. The summed E-state index contributed by atoms with van der Waals surface area (Å²) in [5.74, 6) is -12.6. The molecule has 0 radical (unpaired) electrons. The fraction of sp³-hybridized carbons (Fsp3) is 0.756. The van der Waals surface area contributed by atoms with E-state index < -0.39 is 149 Å². The molecule has 72 heavy (non-hydrogen) atoms. The standard InChI is InChI=1S/C41H62O26S5/c42-28(43)16-23(36(52)53)68-11-1-6-62-21-22-33(63-7-2-12-69-24(37(54)55)17-29(44)45)34(64-8-3-13-70-25(38(56)57)18-30(46)47)35(65-9-4-14-71-26(39(58)59)19-31(48)49)41(67-22)66-10-5-15-72-27(40(60)61)20-32(50)51/h22-27,33-35,41H,1-21H2,(H,42,43)(H,44,45)(H,46,47)(H,48,49)(H,50,51)(H,52,53)(H,54,55)(H,56,57)(H,58,59)(H,60,61)/t22-,23?,24?,25?,26?,27?,33-,34+,35-,41-/m1/s1. The van der Waals surface area contributed by atoms with Crippen LogP contribution in [0.15, 0.2) is 0 Å². The molecule has 10 N–H and O–H groups in total. The van der Waals surface area contributed by atoms with Gasteiger partial charge in [0.05, 0.1) is 45.3 Å². The van der Waals surface area contributed by atoms with Crippen LogP contribution in [0.25, 0.3) is 0 Å². The van der Waals surface area contributed by atoms with Gasteiger partial charge in [-0.2, -0.15) is 0 Å². The molecule has 0 aromatic rings. The molecule has 1 rings (SSSR count). The lowest BCUT2D eigenvalue weighted by Gasteiger charge is -2.46. The summed E-state index contributed by atoms with van der Waals surface area (Å²) < 4.78 is 37.6. The van der Waals surface area contributed by atoms with E-state index in [0.717, 1.165) is 58.8 Å². The van der Waals surface area contributed by atoms with Crippen LogP contribution in [-0.4, -0.2) is 236 Å². The van der Waals surface area contributed by atoms with Gasteiger partial charge in [0.15, 0.2) is 6.29 Å².